The van der Waals surface area contributed by atoms with Crippen LogP contribution in [-0.2, 0) is 5.41 Å². The number of aliphatic imine (C=N–C) groups is 1. The highest BCUT2D eigenvalue weighted by atomic mass is 32.1. The Balaban J connectivity index is 2.67. The van der Waals surface area contributed by atoms with Crippen LogP contribution in [-0.4, -0.2) is 18.5 Å². The number of hydrogen-bond donors (Lipinski definition) is 3. The Bertz CT molecular complexity index is 355. The van der Waals surface area contributed by atoms with E-state index in [-0.39, 0.29) is 5.41 Å². The Kier molecular flexibility index (Phi) is 4.96. The summed E-state index contributed by atoms with van der Waals surface area (Å²) < 4.78 is 0. The van der Waals surface area contributed by atoms with Crippen LogP contribution in [0.1, 0.15) is 32.6 Å². The van der Waals surface area contributed by atoms with Gasteiger partial charge in [-0.25, -0.2) is 5.84 Å². The third-order valence-electron chi connectivity index (χ3n) is 2.38. The topological polar surface area (TPSA) is 62.4 Å². The molecule has 0 aliphatic rings. The molecule has 1 rings (SSSR count). The van der Waals surface area contributed by atoms with Crippen molar-refractivity contribution in [3.63, 3.8) is 0 Å². The molecule has 1 heterocycles. The van der Waals surface area contributed by atoms with Crippen LogP contribution in [0, 0.1) is 0 Å². The van der Waals surface area contributed by atoms with Gasteiger partial charge >= 0.3 is 0 Å². The SMILES string of the molecule is CC(C)NC(=NCC(C)(C)c1cccs1)NN. The van der Waals surface area contributed by atoms with Crippen LogP contribution in [0.5, 0.6) is 0 Å². The molecule has 4 nitrogen and oxygen atoms in total. The van der Waals surface area contributed by atoms with Crippen molar-refractivity contribution in [3.8, 4) is 0 Å². The van der Waals surface area contributed by atoms with Crippen LogP contribution in [0.15, 0.2) is 22.5 Å². The standard InChI is InChI=1S/C12H22N4S/c1-9(2)15-11(16-13)14-8-12(3,4)10-6-5-7-17-10/h5-7,9H,8,13H2,1-4H3,(H2,14,15,16). The van der Waals surface area contributed by atoms with E-state index in [4.69, 9.17) is 5.84 Å². The Morgan fingerprint density at radius 2 is 2.24 bits per heavy atom. The zero-order valence-corrected chi connectivity index (χ0v) is 11.8. The van der Waals surface area contributed by atoms with E-state index < -0.39 is 0 Å². The van der Waals surface area contributed by atoms with Crippen molar-refractivity contribution in [2.24, 2.45) is 10.8 Å². The normalized spacial score (nSPS) is 12.9. The van der Waals surface area contributed by atoms with E-state index in [0.717, 1.165) is 0 Å². The lowest BCUT2D eigenvalue weighted by Crippen LogP contribution is -2.45. The van der Waals surface area contributed by atoms with Crippen LogP contribution in [0.25, 0.3) is 0 Å². The zero-order chi connectivity index (χ0) is 12.9. The minimum atomic E-state index is 0.0366. The van der Waals surface area contributed by atoms with Crippen LogP contribution < -0.4 is 16.6 Å². The molecule has 96 valence electrons. The van der Waals surface area contributed by atoms with Gasteiger partial charge in [-0.05, 0) is 25.3 Å². The maximum atomic E-state index is 5.43. The second-order valence-corrected chi connectivity index (χ2v) is 5.92. The van der Waals surface area contributed by atoms with E-state index in [1.165, 1.54) is 4.88 Å². The molecular formula is C12H22N4S. The van der Waals surface area contributed by atoms with Gasteiger partial charge in [-0.2, -0.15) is 0 Å². The number of thiophene rings is 1. The van der Waals surface area contributed by atoms with E-state index in [2.05, 4.69) is 60.9 Å². The molecular weight excluding hydrogens is 232 g/mol. The summed E-state index contributed by atoms with van der Waals surface area (Å²) in [4.78, 5) is 5.82. The third kappa shape index (κ3) is 4.36. The second-order valence-electron chi connectivity index (χ2n) is 4.97. The molecule has 0 radical (unpaired) electrons. The molecule has 0 atom stereocenters. The smallest absolute Gasteiger partial charge is 0.205 e. The third-order valence-corrected chi connectivity index (χ3v) is 3.62. The van der Waals surface area contributed by atoms with Crippen molar-refractivity contribution in [2.75, 3.05) is 6.54 Å². The summed E-state index contributed by atoms with van der Waals surface area (Å²) in [6.45, 7) is 9.18. The van der Waals surface area contributed by atoms with Gasteiger partial charge in [-0.3, -0.25) is 10.4 Å². The van der Waals surface area contributed by atoms with Gasteiger partial charge in [-0.15, -0.1) is 11.3 Å². The van der Waals surface area contributed by atoms with Gasteiger partial charge in [0.1, 0.15) is 0 Å². The fraction of sp³-hybridized carbons (Fsp3) is 0.583. The Morgan fingerprint density at radius 1 is 1.53 bits per heavy atom. The van der Waals surface area contributed by atoms with Crippen molar-refractivity contribution >= 4 is 17.3 Å². The molecule has 0 fully saturated rings. The number of nitrogens with one attached hydrogen (secondary N) is 2. The van der Waals surface area contributed by atoms with E-state index in [0.29, 0.717) is 18.5 Å². The highest BCUT2D eigenvalue weighted by molar-refractivity contribution is 7.10. The first-order valence-electron chi connectivity index (χ1n) is 5.77. The van der Waals surface area contributed by atoms with Crippen molar-refractivity contribution in [2.45, 2.75) is 39.2 Å². The first-order chi connectivity index (χ1) is 7.95. The van der Waals surface area contributed by atoms with E-state index in [1.807, 2.05) is 0 Å². The molecule has 17 heavy (non-hydrogen) atoms. The van der Waals surface area contributed by atoms with Gasteiger partial charge in [0.25, 0.3) is 0 Å². The van der Waals surface area contributed by atoms with Crippen molar-refractivity contribution in [3.05, 3.63) is 22.4 Å². The molecule has 1 aromatic heterocycles. The molecule has 4 N–H and O–H groups in total. The lowest BCUT2D eigenvalue weighted by Gasteiger charge is -2.22. The molecule has 5 heteroatoms. The molecule has 0 saturated carbocycles. The average molecular weight is 254 g/mol. The van der Waals surface area contributed by atoms with E-state index in [1.54, 1.807) is 11.3 Å². The summed E-state index contributed by atoms with van der Waals surface area (Å²) in [6.07, 6.45) is 0. The summed E-state index contributed by atoms with van der Waals surface area (Å²) in [5, 5.41) is 5.26. The monoisotopic (exact) mass is 254 g/mol. The zero-order valence-electron chi connectivity index (χ0n) is 10.9. The lowest BCUT2D eigenvalue weighted by atomic mass is 9.92. The van der Waals surface area contributed by atoms with Gasteiger partial charge in [-0.1, -0.05) is 19.9 Å². The minimum Gasteiger partial charge on any atom is -0.353 e. The molecule has 1 aromatic rings. The van der Waals surface area contributed by atoms with Crippen molar-refractivity contribution in [1.82, 2.24) is 10.7 Å². The van der Waals surface area contributed by atoms with Crippen LogP contribution in [0.2, 0.25) is 0 Å². The number of nitrogens with two attached hydrogens (primary N) is 1. The Hall–Kier alpha value is -1.07. The lowest BCUT2D eigenvalue weighted by molar-refractivity contribution is 0.547. The number of guanidine groups is 1. The van der Waals surface area contributed by atoms with Crippen LogP contribution in [0.4, 0.5) is 0 Å². The number of nitrogens with zero attached hydrogens (tertiary/aromatic N) is 1. The average Bonchev–Trinajstić information content (AvgIpc) is 2.77. The molecule has 0 saturated heterocycles. The molecule has 0 bridgehead atoms. The molecule has 0 aromatic carbocycles. The van der Waals surface area contributed by atoms with Crippen LogP contribution >= 0.6 is 11.3 Å². The van der Waals surface area contributed by atoms with Gasteiger partial charge < -0.3 is 5.32 Å². The summed E-state index contributed by atoms with van der Waals surface area (Å²) in [5.41, 5.74) is 2.63. The Morgan fingerprint density at radius 3 is 2.71 bits per heavy atom. The van der Waals surface area contributed by atoms with Crippen molar-refractivity contribution in [1.29, 1.82) is 0 Å². The highest BCUT2D eigenvalue weighted by Gasteiger charge is 2.21. The van der Waals surface area contributed by atoms with Crippen LogP contribution in [0.3, 0.4) is 0 Å². The van der Waals surface area contributed by atoms with Gasteiger partial charge in [0, 0.05) is 16.3 Å². The fourth-order valence-electron chi connectivity index (χ4n) is 1.42. The fourth-order valence-corrected chi connectivity index (χ4v) is 2.27. The maximum Gasteiger partial charge on any atom is 0.205 e. The van der Waals surface area contributed by atoms with Crippen molar-refractivity contribution < 1.29 is 0 Å². The maximum absolute atomic E-state index is 5.43. The van der Waals surface area contributed by atoms with Gasteiger partial charge in [0.15, 0.2) is 0 Å². The summed E-state index contributed by atoms with van der Waals surface area (Å²) >= 11 is 1.76. The number of hydrogen-bond acceptors (Lipinski definition) is 3. The second kappa shape index (κ2) is 6.02. The van der Waals surface area contributed by atoms with Gasteiger partial charge in [0.05, 0.1) is 6.54 Å². The first kappa shape index (κ1) is 14.0. The number of hydrazine groups is 1. The predicted octanol–water partition coefficient (Wildman–Crippen LogP) is 1.84. The minimum absolute atomic E-state index is 0.0366. The van der Waals surface area contributed by atoms with E-state index >= 15 is 0 Å². The quantitative estimate of drug-likeness (QED) is 0.332. The molecule has 0 aliphatic heterocycles. The van der Waals surface area contributed by atoms with E-state index in [9.17, 15) is 0 Å². The number of rotatable bonds is 4. The summed E-state index contributed by atoms with van der Waals surface area (Å²) in [6, 6.07) is 4.53. The molecule has 0 spiro atoms. The largest absolute Gasteiger partial charge is 0.353 e. The predicted molar refractivity (Wildman–Crippen MR) is 75.2 cm³/mol. The highest BCUT2D eigenvalue weighted by Crippen LogP contribution is 2.27. The summed E-state index contributed by atoms with van der Waals surface area (Å²) in [7, 11) is 0. The first-order valence-corrected chi connectivity index (χ1v) is 6.65. The Labute approximate surface area is 107 Å². The molecule has 0 aliphatic carbocycles. The molecule has 0 amide bonds. The van der Waals surface area contributed by atoms with Gasteiger partial charge in [0.2, 0.25) is 5.96 Å². The summed E-state index contributed by atoms with van der Waals surface area (Å²) in [5.74, 6) is 6.07. The molecule has 0 unspecified atom stereocenters.